The van der Waals surface area contributed by atoms with Crippen molar-refractivity contribution in [3.05, 3.63) is 66.4 Å². The van der Waals surface area contributed by atoms with Crippen molar-refractivity contribution >= 4 is 63.6 Å². The third-order valence-corrected chi connectivity index (χ3v) is 5.71. The highest BCUT2D eigenvalue weighted by atomic mass is 35.5. The number of benzene rings is 1. The van der Waals surface area contributed by atoms with Gasteiger partial charge in [-0.25, -0.2) is 9.78 Å². The number of allylic oxidation sites excluding steroid dienone is 2. The van der Waals surface area contributed by atoms with E-state index in [-0.39, 0.29) is 10.7 Å². The monoisotopic (exact) mass is 452 g/mol. The van der Waals surface area contributed by atoms with E-state index in [1.165, 1.54) is 24.5 Å². The fraction of sp³-hybridized carbons (Fsp3) is 0.111. The molecule has 1 aliphatic rings. The molecule has 2 atom stereocenters. The van der Waals surface area contributed by atoms with Gasteiger partial charge in [0.2, 0.25) is 0 Å². The summed E-state index contributed by atoms with van der Waals surface area (Å²) in [5.41, 5.74) is 6.67. The molecule has 150 valence electrons. The Kier molecular flexibility index (Phi) is 5.76. The fourth-order valence-electron chi connectivity index (χ4n) is 2.64. The van der Waals surface area contributed by atoms with Gasteiger partial charge in [0.15, 0.2) is 22.0 Å². The minimum absolute atomic E-state index is 0.0987. The molecule has 3 amide bonds. The smallest absolute Gasteiger partial charge is 0.317 e. The van der Waals surface area contributed by atoms with Gasteiger partial charge in [-0.3, -0.25) is 4.79 Å². The normalized spacial score (nSPS) is 23.2. The predicted octanol–water partition coefficient (Wildman–Crippen LogP) is 2.78. The van der Waals surface area contributed by atoms with Crippen LogP contribution in [0.1, 0.15) is 16.1 Å². The Labute approximate surface area is 180 Å². The maximum absolute atomic E-state index is 12.3. The summed E-state index contributed by atoms with van der Waals surface area (Å²) in [6.45, 7) is 0. The summed E-state index contributed by atoms with van der Waals surface area (Å²) in [5.74, 6) is -0.483. The predicted molar refractivity (Wildman–Crippen MR) is 113 cm³/mol. The molecular formula is C18H14Cl2N4O4S. The molecule has 0 bridgehead atoms. The molecule has 1 aromatic carbocycles. The van der Waals surface area contributed by atoms with Gasteiger partial charge in [0.1, 0.15) is 11.3 Å². The molecule has 2 unspecified atom stereocenters. The lowest BCUT2D eigenvalue weighted by Gasteiger charge is -2.37. The highest BCUT2D eigenvalue weighted by Gasteiger charge is 2.51. The molecule has 11 heteroatoms. The van der Waals surface area contributed by atoms with Gasteiger partial charge in [-0.05, 0) is 23.8 Å². The molecule has 0 saturated carbocycles. The molecule has 2 aromatic rings. The van der Waals surface area contributed by atoms with Crippen molar-refractivity contribution in [1.82, 2.24) is 10.3 Å². The number of nitrogens with zero attached hydrogens (tertiary/aromatic N) is 1. The van der Waals surface area contributed by atoms with E-state index in [2.05, 4.69) is 15.6 Å². The van der Waals surface area contributed by atoms with Crippen LogP contribution in [0.3, 0.4) is 0 Å². The van der Waals surface area contributed by atoms with E-state index < -0.39 is 21.9 Å². The molecule has 0 saturated heterocycles. The second-order valence-corrected chi connectivity index (χ2v) is 7.59. The number of para-hydroxylation sites is 1. The molecule has 5 N–H and O–H groups in total. The Bertz CT molecular complexity index is 1040. The number of carbonyl (C=O) groups excluding carboxylic acids is 2. The molecule has 29 heavy (non-hydrogen) atoms. The second kappa shape index (κ2) is 7.96. The van der Waals surface area contributed by atoms with Crippen LogP contribution in [-0.4, -0.2) is 37.0 Å². The van der Waals surface area contributed by atoms with Crippen LogP contribution in [0.25, 0.3) is 5.57 Å². The number of hydrogen-bond acceptors (Lipinski definition) is 6. The van der Waals surface area contributed by atoms with Crippen LogP contribution >= 0.6 is 35.4 Å². The van der Waals surface area contributed by atoms with Gasteiger partial charge >= 0.3 is 6.03 Å². The van der Waals surface area contributed by atoms with Crippen molar-refractivity contribution in [2.24, 2.45) is 5.73 Å². The Hall–Kier alpha value is -2.72. The number of carbonyl (C=O) groups is 2. The number of oxazole rings is 1. The number of primary amides is 1. The summed E-state index contributed by atoms with van der Waals surface area (Å²) >= 11 is 17.8. The minimum Gasteiger partial charge on any atom is -0.451 e. The number of thiocarbonyl (C=S) groups is 1. The van der Waals surface area contributed by atoms with Crippen molar-refractivity contribution in [2.45, 2.75) is 9.93 Å². The first kappa shape index (κ1) is 21.0. The van der Waals surface area contributed by atoms with Crippen molar-refractivity contribution in [2.75, 3.05) is 5.32 Å². The molecule has 0 spiro atoms. The summed E-state index contributed by atoms with van der Waals surface area (Å²) in [6.07, 6.45) is 6.47. The van der Waals surface area contributed by atoms with Gasteiger partial charge < -0.3 is 25.9 Å². The summed E-state index contributed by atoms with van der Waals surface area (Å²) in [7, 11) is 0. The number of rotatable bonds is 4. The van der Waals surface area contributed by atoms with Crippen LogP contribution in [0.15, 0.2) is 59.6 Å². The van der Waals surface area contributed by atoms with E-state index in [4.69, 9.17) is 45.6 Å². The van der Waals surface area contributed by atoms with Gasteiger partial charge in [-0.2, -0.15) is 0 Å². The number of hydrogen-bond donors (Lipinski definition) is 4. The van der Waals surface area contributed by atoms with Gasteiger partial charge in [0.05, 0.1) is 0 Å². The third kappa shape index (κ3) is 4.18. The topological polar surface area (TPSA) is 130 Å². The second-order valence-electron chi connectivity index (χ2n) is 6.01. The first-order chi connectivity index (χ1) is 13.6. The van der Waals surface area contributed by atoms with Crippen LogP contribution in [0.2, 0.25) is 0 Å². The molecule has 0 fully saturated rings. The number of alkyl halides is 2. The number of nitrogens with two attached hydrogens (primary N) is 1. The first-order valence-corrected chi connectivity index (χ1v) is 9.22. The molecule has 1 heterocycles. The minimum atomic E-state index is -2.13. The lowest BCUT2D eigenvalue weighted by molar-refractivity contribution is 0.102. The maximum Gasteiger partial charge on any atom is 0.317 e. The summed E-state index contributed by atoms with van der Waals surface area (Å²) in [5, 5.41) is 13.3. The fourth-order valence-corrected chi connectivity index (χ4v) is 3.45. The van der Waals surface area contributed by atoms with Crippen LogP contribution in [0.4, 0.5) is 10.5 Å². The number of urea groups is 1. The van der Waals surface area contributed by atoms with Gasteiger partial charge in [0, 0.05) is 11.3 Å². The molecule has 8 nitrogen and oxygen atoms in total. The third-order valence-electron chi connectivity index (χ3n) is 4.07. The van der Waals surface area contributed by atoms with E-state index in [1.807, 2.05) is 0 Å². The van der Waals surface area contributed by atoms with Crippen molar-refractivity contribution in [3.63, 3.8) is 0 Å². The Morgan fingerprint density at radius 1 is 1.28 bits per heavy atom. The highest BCUT2D eigenvalue weighted by Crippen LogP contribution is 2.43. The van der Waals surface area contributed by atoms with Crippen LogP contribution < -0.4 is 16.4 Å². The van der Waals surface area contributed by atoms with E-state index >= 15 is 0 Å². The van der Waals surface area contributed by atoms with Crippen molar-refractivity contribution in [1.29, 1.82) is 0 Å². The van der Waals surface area contributed by atoms with Crippen LogP contribution in [0, 0.1) is 0 Å². The van der Waals surface area contributed by atoms with Gasteiger partial charge in [-0.1, -0.05) is 48.1 Å². The van der Waals surface area contributed by atoms with E-state index in [0.717, 1.165) is 6.39 Å². The van der Waals surface area contributed by atoms with Crippen molar-refractivity contribution < 1.29 is 19.1 Å². The van der Waals surface area contributed by atoms with Crippen LogP contribution in [-0.2, 0) is 0 Å². The first-order valence-electron chi connectivity index (χ1n) is 8.06. The Morgan fingerprint density at radius 2 is 2.00 bits per heavy atom. The molecule has 3 rings (SSSR count). The number of amides is 3. The average Bonchev–Trinajstić information content (AvgIpc) is 3.19. The number of aromatic nitrogens is 1. The molecule has 0 radical (unpaired) electrons. The van der Waals surface area contributed by atoms with Crippen LogP contribution in [0.5, 0.6) is 0 Å². The summed E-state index contributed by atoms with van der Waals surface area (Å²) in [4.78, 5) is 25.1. The van der Waals surface area contributed by atoms with E-state index in [1.54, 1.807) is 24.3 Å². The maximum atomic E-state index is 12.3. The SMILES string of the molecule is NC(=O)NC(=S)C1(Cl)C=C(c2ccccc2NC(=O)c2cocn2)C=CC1(O)Cl. The quantitative estimate of drug-likeness (QED) is 0.416. The highest BCUT2D eigenvalue weighted by molar-refractivity contribution is 7.80. The number of nitrogens with one attached hydrogen (secondary N) is 2. The number of halogens is 2. The number of anilines is 1. The molecule has 1 aromatic heterocycles. The van der Waals surface area contributed by atoms with E-state index in [9.17, 15) is 14.7 Å². The zero-order valence-corrected chi connectivity index (χ0v) is 16.9. The molecule has 1 aliphatic carbocycles. The zero-order chi connectivity index (χ0) is 21.2. The Balaban J connectivity index is 2.00. The zero-order valence-electron chi connectivity index (χ0n) is 14.6. The summed E-state index contributed by atoms with van der Waals surface area (Å²) < 4.78 is 4.81. The van der Waals surface area contributed by atoms with Crippen molar-refractivity contribution in [3.8, 4) is 0 Å². The standard InChI is InChI=1S/C18H14Cl2N4O4S/c19-17(15(29)24-16(21)26)7-10(5-6-18(17,20)27)11-3-1-2-4-12(11)23-14(25)13-8-28-9-22-13/h1-9,27H,(H,23,25)(H3,21,24,26,29). The Morgan fingerprint density at radius 3 is 2.66 bits per heavy atom. The molecular weight excluding hydrogens is 439 g/mol. The lowest BCUT2D eigenvalue weighted by Crippen LogP contribution is -2.56. The summed E-state index contributed by atoms with van der Waals surface area (Å²) in [6, 6.07) is 5.90. The van der Waals surface area contributed by atoms with Gasteiger partial charge in [0.25, 0.3) is 5.91 Å². The van der Waals surface area contributed by atoms with E-state index in [0.29, 0.717) is 16.8 Å². The average molecular weight is 453 g/mol. The van der Waals surface area contributed by atoms with Gasteiger partial charge in [-0.15, -0.1) is 11.6 Å². The lowest BCUT2D eigenvalue weighted by atomic mass is 9.88. The molecule has 0 aliphatic heterocycles. The largest absolute Gasteiger partial charge is 0.451 e. The number of aliphatic hydroxyl groups is 1.